The van der Waals surface area contributed by atoms with Crippen molar-refractivity contribution in [2.45, 2.75) is 19.2 Å². The molecule has 0 aliphatic heterocycles. The average Bonchev–Trinajstić information content (AvgIpc) is 3.08. The Morgan fingerprint density at radius 2 is 1.83 bits per heavy atom. The molecule has 0 saturated heterocycles. The summed E-state index contributed by atoms with van der Waals surface area (Å²) in [7, 11) is 3.82. The second kappa shape index (κ2) is 9.44. The van der Waals surface area contributed by atoms with Gasteiger partial charge in [0.15, 0.2) is 5.13 Å². The quantitative estimate of drug-likeness (QED) is 0.512. The summed E-state index contributed by atoms with van der Waals surface area (Å²) >= 11 is 1.18. The number of benzene rings is 2. The van der Waals surface area contributed by atoms with Crippen LogP contribution in [0.5, 0.6) is 5.75 Å². The third kappa shape index (κ3) is 6.17. The van der Waals surface area contributed by atoms with Gasteiger partial charge in [0.2, 0.25) is 5.91 Å². The maximum Gasteiger partial charge on any atom is 0.573 e. The van der Waals surface area contributed by atoms with Crippen LogP contribution in [0.15, 0.2) is 48.5 Å². The molecule has 0 atom stereocenters. The predicted octanol–water partition coefficient (Wildman–Crippen LogP) is 4.72. The molecule has 0 N–H and O–H groups in total. The fraction of sp³-hybridized carbons (Fsp3) is 0.333. The Hall–Kier alpha value is -2.65. The highest BCUT2D eigenvalue weighted by Crippen LogP contribution is 2.33. The monoisotopic (exact) mass is 437 g/mol. The molecular formula is C21H22F3N3O2S. The van der Waals surface area contributed by atoms with E-state index >= 15 is 0 Å². The van der Waals surface area contributed by atoms with E-state index in [-0.39, 0.29) is 11.7 Å². The van der Waals surface area contributed by atoms with E-state index in [9.17, 15) is 18.0 Å². The minimum absolute atomic E-state index is 0.0773. The number of aryl methyl sites for hydroxylation is 1. The smallest absolute Gasteiger partial charge is 0.406 e. The Morgan fingerprint density at radius 3 is 2.50 bits per heavy atom. The summed E-state index contributed by atoms with van der Waals surface area (Å²) in [5.41, 5.74) is 1.59. The topological polar surface area (TPSA) is 45.7 Å². The van der Waals surface area contributed by atoms with Gasteiger partial charge < -0.3 is 9.64 Å². The van der Waals surface area contributed by atoms with E-state index in [0.29, 0.717) is 41.3 Å². The van der Waals surface area contributed by atoms with Gasteiger partial charge in [-0.1, -0.05) is 41.7 Å². The molecule has 1 amide bonds. The van der Waals surface area contributed by atoms with Crippen molar-refractivity contribution in [2.24, 2.45) is 0 Å². The van der Waals surface area contributed by atoms with Crippen LogP contribution in [0.25, 0.3) is 10.2 Å². The number of rotatable bonds is 8. The van der Waals surface area contributed by atoms with Gasteiger partial charge in [-0.2, -0.15) is 0 Å². The van der Waals surface area contributed by atoms with Crippen LogP contribution < -0.4 is 9.64 Å². The fourth-order valence-electron chi connectivity index (χ4n) is 2.86. The summed E-state index contributed by atoms with van der Waals surface area (Å²) in [6.07, 6.45) is -3.84. The highest BCUT2D eigenvalue weighted by atomic mass is 32.1. The van der Waals surface area contributed by atoms with Crippen molar-refractivity contribution < 1.29 is 22.7 Å². The number of amides is 1. The van der Waals surface area contributed by atoms with Crippen molar-refractivity contribution in [1.29, 1.82) is 0 Å². The molecule has 0 spiro atoms. The van der Waals surface area contributed by atoms with E-state index in [4.69, 9.17) is 0 Å². The first-order valence-corrected chi connectivity index (χ1v) is 10.2. The van der Waals surface area contributed by atoms with Gasteiger partial charge in [-0.05, 0) is 38.2 Å². The summed E-state index contributed by atoms with van der Waals surface area (Å²) in [6.45, 7) is 1.07. The molecule has 0 saturated carbocycles. The second-order valence-electron chi connectivity index (χ2n) is 7.01. The second-order valence-corrected chi connectivity index (χ2v) is 8.02. The number of anilines is 1. The lowest BCUT2D eigenvalue weighted by atomic mass is 10.1. The summed E-state index contributed by atoms with van der Waals surface area (Å²) in [5.74, 6) is -0.382. The van der Waals surface area contributed by atoms with Crippen LogP contribution in [0.1, 0.15) is 12.0 Å². The zero-order chi connectivity index (χ0) is 21.7. The van der Waals surface area contributed by atoms with Crippen molar-refractivity contribution in [2.75, 3.05) is 32.1 Å². The Bertz CT molecular complexity index is 990. The Morgan fingerprint density at radius 1 is 1.10 bits per heavy atom. The third-order valence-electron chi connectivity index (χ3n) is 4.36. The van der Waals surface area contributed by atoms with Crippen molar-refractivity contribution in [3.05, 3.63) is 54.1 Å². The molecule has 30 heavy (non-hydrogen) atoms. The van der Waals surface area contributed by atoms with Gasteiger partial charge in [0.05, 0.1) is 10.2 Å². The molecule has 0 unspecified atom stereocenters. The number of likely N-dealkylation sites (N-methyl/N-ethyl adjacent to an activating group) is 1. The number of carbonyl (C=O) groups excluding carboxylic acids is 1. The molecule has 5 nitrogen and oxygen atoms in total. The summed E-state index contributed by atoms with van der Waals surface area (Å²) < 4.78 is 42.0. The molecule has 160 valence electrons. The van der Waals surface area contributed by atoms with Gasteiger partial charge >= 0.3 is 6.36 Å². The lowest BCUT2D eigenvalue weighted by Gasteiger charge is -2.22. The van der Waals surface area contributed by atoms with Crippen LogP contribution in [-0.2, 0) is 11.2 Å². The lowest BCUT2D eigenvalue weighted by Crippen LogP contribution is -2.36. The SMILES string of the molecule is CN(C)CCN(C(=O)CCc1ccccc1)c1nc2ccc(OC(F)(F)F)cc2s1. The van der Waals surface area contributed by atoms with E-state index in [1.165, 1.54) is 29.5 Å². The number of carbonyl (C=O) groups is 1. The van der Waals surface area contributed by atoms with E-state index in [0.717, 1.165) is 5.56 Å². The first-order valence-electron chi connectivity index (χ1n) is 9.36. The van der Waals surface area contributed by atoms with Crippen LogP contribution in [-0.4, -0.2) is 49.3 Å². The maximum atomic E-state index is 13.0. The van der Waals surface area contributed by atoms with Crippen molar-refractivity contribution in [3.8, 4) is 5.75 Å². The molecule has 2 aromatic carbocycles. The van der Waals surface area contributed by atoms with E-state index in [1.807, 2.05) is 49.3 Å². The fourth-order valence-corrected chi connectivity index (χ4v) is 3.90. The molecule has 3 rings (SSSR count). The Labute approximate surface area is 176 Å². The molecule has 0 radical (unpaired) electrons. The van der Waals surface area contributed by atoms with E-state index in [1.54, 1.807) is 4.90 Å². The Balaban J connectivity index is 1.81. The highest BCUT2D eigenvalue weighted by Gasteiger charge is 2.31. The number of alkyl halides is 3. The minimum atomic E-state index is -4.76. The normalized spacial score (nSPS) is 11.8. The van der Waals surface area contributed by atoms with Crippen LogP contribution in [0.2, 0.25) is 0 Å². The first kappa shape index (κ1) is 22.0. The molecule has 1 heterocycles. The number of thiazole rings is 1. The van der Waals surface area contributed by atoms with E-state index < -0.39 is 6.36 Å². The number of hydrogen-bond donors (Lipinski definition) is 0. The first-order chi connectivity index (χ1) is 14.2. The van der Waals surface area contributed by atoms with Gasteiger partial charge in [0, 0.05) is 25.6 Å². The molecule has 1 aromatic heterocycles. The molecular weight excluding hydrogens is 415 g/mol. The van der Waals surface area contributed by atoms with Gasteiger partial charge in [0.25, 0.3) is 0 Å². The average molecular weight is 437 g/mol. The molecule has 0 fully saturated rings. The highest BCUT2D eigenvalue weighted by molar-refractivity contribution is 7.22. The molecule has 0 aliphatic carbocycles. The predicted molar refractivity (Wildman–Crippen MR) is 112 cm³/mol. The summed E-state index contributed by atoms with van der Waals surface area (Å²) in [6, 6.07) is 13.7. The van der Waals surface area contributed by atoms with Gasteiger partial charge in [-0.3, -0.25) is 9.69 Å². The van der Waals surface area contributed by atoms with Crippen LogP contribution in [0.3, 0.4) is 0 Å². The minimum Gasteiger partial charge on any atom is -0.406 e. The zero-order valence-corrected chi connectivity index (χ0v) is 17.5. The van der Waals surface area contributed by atoms with Crippen LogP contribution in [0, 0.1) is 0 Å². The molecule has 0 bridgehead atoms. The summed E-state index contributed by atoms with van der Waals surface area (Å²) in [5, 5.41) is 0.467. The number of halogens is 3. The van der Waals surface area contributed by atoms with Crippen LogP contribution >= 0.6 is 11.3 Å². The van der Waals surface area contributed by atoms with Gasteiger partial charge in [-0.25, -0.2) is 4.98 Å². The zero-order valence-electron chi connectivity index (χ0n) is 16.6. The largest absolute Gasteiger partial charge is 0.573 e. The Kier molecular flexibility index (Phi) is 6.94. The number of aromatic nitrogens is 1. The standard InChI is InChI=1S/C21H22F3N3O2S/c1-26(2)12-13-27(19(28)11-8-15-6-4-3-5-7-15)20-25-17-10-9-16(14-18(17)30-20)29-21(22,23)24/h3-7,9-10,14H,8,11-13H2,1-2H3. The molecule has 0 aliphatic rings. The molecule has 9 heteroatoms. The lowest BCUT2D eigenvalue weighted by molar-refractivity contribution is -0.274. The van der Waals surface area contributed by atoms with Crippen molar-refractivity contribution >= 4 is 32.6 Å². The number of ether oxygens (including phenoxy) is 1. The van der Waals surface area contributed by atoms with E-state index in [2.05, 4.69) is 9.72 Å². The third-order valence-corrected chi connectivity index (χ3v) is 5.40. The summed E-state index contributed by atoms with van der Waals surface area (Å²) in [4.78, 5) is 21.0. The van der Waals surface area contributed by atoms with Gasteiger partial charge in [0.1, 0.15) is 5.75 Å². The van der Waals surface area contributed by atoms with Crippen LogP contribution in [0.4, 0.5) is 18.3 Å². The van der Waals surface area contributed by atoms with Crippen molar-refractivity contribution in [1.82, 2.24) is 9.88 Å². The number of fused-ring (bicyclic) bond motifs is 1. The molecule has 3 aromatic rings. The number of hydrogen-bond acceptors (Lipinski definition) is 5. The van der Waals surface area contributed by atoms with Gasteiger partial charge in [-0.15, -0.1) is 13.2 Å². The maximum absolute atomic E-state index is 13.0. The number of nitrogens with zero attached hydrogens (tertiary/aromatic N) is 3. The van der Waals surface area contributed by atoms with Crippen molar-refractivity contribution in [3.63, 3.8) is 0 Å².